The van der Waals surface area contributed by atoms with Gasteiger partial charge in [-0.15, -0.1) is 0 Å². The molecule has 0 amide bonds. The maximum absolute atomic E-state index is 13.6. The molecule has 0 spiro atoms. The zero-order valence-corrected chi connectivity index (χ0v) is 9.26. The number of halogens is 1. The zero-order valence-electron chi connectivity index (χ0n) is 9.26. The van der Waals surface area contributed by atoms with Gasteiger partial charge in [0.05, 0.1) is 0 Å². The van der Waals surface area contributed by atoms with Crippen molar-refractivity contribution < 1.29 is 4.39 Å². The Bertz CT molecular complexity index is 307. The Hall–Kier alpha value is -0.890. The third-order valence-electron chi connectivity index (χ3n) is 2.47. The Morgan fingerprint density at radius 1 is 1.29 bits per heavy atom. The monoisotopic (exact) mass is 195 g/mol. The van der Waals surface area contributed by atoms with E-state index in [2.05, 4.69) is 19.2 Å². The number of hydrogen-bond acceptors (Lipinski definition) is 1. The van der Waals surface area contributed by atoms with E-state index in [9.17, 15) is 4.39 Å². The molecule has 1 atom stereocenters. The van der Waals surface area contributed by atoms with Crippen molar-refractivity contribution in [3.8, 4) is 0 Å². The highest BCUT2D eigenvalue weighted by Crippen LogP contribution is 2.24. The minimum atomic E-state index is -0.113. The van der Waals surface area contributed by atoms with E-state index in [1.54, 1.807) is 6.07 Å². The molecule has 1 aromatic rings. The van der Waals surface area contributed by atoms with Gasteiger partial charge in [0.2, 0.25) is 0 Å². The second-order valence-electron chi connectivity index (χ2n) is 4.04. The lowest BCUT2D eigenvalue weighted by atomic mass is 9.95. The molecular weight excluding hydrogens is 177 g/mol. The van der Waals surface area contributed by atoms with Crippen molar-refractivity contribution >= 4 is 0 Å². The van der Waals surface area contributed by atoms with Crippen LogP contribution in [-0.4, -0.2) is 7.05 Å². The summed E-state index contributed by atoms with van der Waals surface area (Å²) in [4.78, 5) is 0. The molecule has 0 aromatic heterocycles. The second kappa shape index (κ2) is 4.56. The van der Waals surface area contributed by atoms with Gasteiger partial charge in [-0.25, -0.2) is 4.39 Å². The highest BCUT2D eigenvalue weighted by Gasteiger charge is 2.16. The molecule has 0 aliphatic heterocycles. The van der Waals surface area contributed by atoms with Crippen molar-refractivity contribution in [2.45, 2.75) is 26.8 Å². The average Bonchev–Trinajstić information content (AvgIpc) is 2.09. The van der Waals surface area contributed by atoms with Gasteiger partial charge in [0.15, 0.2) is 0 Å². The first-order valence-electron chi connectivity index (χ1n) is 4.99. The van der Waals surface area contributed by atoms with Crippen LogP contribution in [0.1, 0.15) is 31.0 Å². The van der Waals surface area contributed by atoms with Gasteiger partial charge in [-0.2, -0.15) is 0 Å². The fourth-order valence-electron chi connectivity index (χ4n) is 1.73. The number of rotatable bonds is 3. The Balaban J connectivity index is 3.04. The lowest BCUT2D eigenvalue weighted by Gasteiger charge is -2.21. The number of nitrogens with one attached hydrogen (secondary N) is 1. The lowest BCUT2D eigenvalue weighted by molar-refractivity contribution is 0.424. The van der Waals surface area contributed by atoms with Crippen LogP contribution < -0.4 is 5.32 Å². The van der Waals surface area contributed by atoms with Gasteiger partial charge in [-0.3, -0.25) is 0 Å². The zero-order chi connectivity index (χ0) is 10.7. The first kappa shape index (κ1) is 11.2. The molecule has 1 rings (SSSR count). The predicted molar refractivity (Wildman–Crippen MR) is 57.8 cm³/mol. The van der Waals surface area contributed by atoms with Crippen molar-refractivity contribution in [3.05, 3.63) is 35.1 Å². The van der Waals surface area contributed by atoms with Gasteiger partial charge >= 0.3 is 0 Å². The Morgan fingerprint density at radius 2 is 1.93 bits per heavy atom. The largest absolute Gasteiger partial charge is 0.313 e. The standard InChI is InChI=1S/C12H18FN/c1-8(2)12(14-4)10-6-5-9(3)7-11(10)13/h5-8,12,14H,1-4H3. The summed E-state index contributed by atoms with van der Waals surface area (Å²) in [7, 11) is 1.87. The molecule has 0 aliphatic carbocycles. The molecule has 78 valence electrons. The van der Waals surface area contributed by atoms with Crippen LogP contribution in [0.3, 0.4) is 0 Å². The summed E-state index contributed by atoms with van der Waals surface area (Å²) in [5, 5.41) is 3.14. The minimum Gasteiger partial charge on any atom is -0.313 e. The molecule has 1 unspecified atom stereocenters. The molecule has 0 aliphatic rings. The molecule has 1 N–H and O–H groups in total. The quantitative estimate of drug-likeness (QED) is 0.781. The van der Waals surface area contributed by atoms with Crippen LogP contribution in [0.4, 0.5) is 4.39 Å². The summed E-state index contributed by atoms with van der Waals surface area (Å²) < 4.78 is 13.6. The minimum absolute atomic E-state index is 0.0931. The predicted octanol–water partition coefficient (Wildman–Crippen LogP) is 3.05. The van der Waals surface area contributed by atoms with Crippen LogP contribution >= 0.6 is 0 Å². The van der Waals surface area contributed by atoms with Crippen molar-refractivity contribution in [1.82, 2.24) is 5.32 Å². The van der Waals surface area contributed by atoms with Crippen molar-refractivity contribution in [2.24, 2.45) is 5.92 Å². The smallest absolute Gasteiger partial charge is 0.128 e. The van der Waals surface area contributed by atoms with E-state index in [4.69, 9.17) is 0 Å². The number of benzene rings is 1. The number of hydrogen-bond donors (Lipinski definition) is 1. The molecule has 2 heteroatoms. The van der Waals surface area contributed by atoms with Crippen LogP contribution in [-0.2, 0) is 0 Å². The summed E-state index contributed by atoms with van der Waals surface area (Å²) >= 11 is 0. The van der Waals surface area contributed by atoms with Crippen LogP contribution in [0.25, 0.3) is 0 Å². The van der Waals surface area contributed by atoms with Gasteiger partial charge in [0.25, 0.3) is 0 Å². The van der Waals surface area contributed by atoms with Crippen LogP contribution in [0.15, 0.2) is 18.2 Å². The second-order valence-corrected chi connectivity index (χ2v) is 4.04. The van der Waals surface area contributed by atoms with E-state index in [1.165, 1.54) is 0 Å². The highest BCUT2D eigenvalue weighted by molar-refractivity contribution is 5.26. The molecule has 0 heterocycles. The van der Waals surface area contributed by atoms with Gasteiger partial charge in [-0.1, -0.05) is 26.0 Å². The molecule has 0 saturated heterocycles. The van der Waals surface area contributed by atoms with Gasteiger partial charge in [0.1, 0.15) is 5.82 Å². The van der Waals surface area contributed by atoms with E-state index in [0.717, 1.165) is 11.1 Å². The Kier molecular flexibility index (Phi) is 3.64. The van der Waals surface area contributed by atoms with E-state index in [0.29, 0.717) is 5.92 Å². The lowest BCUT2D eigenvalue weighted by Crippen LogP contribution is -2.22. The van der Waals surface area contributed by atoms with Gasteiger partial charge in [-0.05, 0) is 31.5 Å². The molecule has 0 fully saturated rings. The highest BCUT2D eigenvalue weighted by atomic mass is 19.1. The summed E-state index contributed by atoms with van der Waals surface area (Å²) in [5.41, 5.74) is 1.72. The molecular formula is C12H18FN. The Morgan fingerprint density at radius 3 is 2.36 bits per heavy atom. The van der Waals surface area contributed by atoms with Crippen LogP contribution in [0.5, 0.6) is 0 Å². The van der Waals surface area contributed by atoms with Crippen molar-refractivity contribution in [3.63, 3.8) is 0 Å². The molecule has 14 heavy (non-hydrogen) atoms. The van der Waals surface area contributed by atoms with Crippen molar-refractivity contribution in [1.29, 1.82) is 0 Å². The normalized spacial score (nSPS) is 13.3. The van der Waals surface area contributed by atoms with Crippen LogP contribution in [0.2, 0.25) is 0 Å². The topological polar surface area (TPSA) is 12.0 Å². The molecule has 0 saturated carbocycles. The van der Waals surface area contributed by atoms with E-state index in [-0.39, 0.29) is 11.9 Å². The summed E-state index contributed by atoms with van der Waals surface area (Å²) in [6.45, 7) is 6.07. The molecule has 1 aromatic carbocycles. The fraction of sp³-hybridized carbons (Fsp3) is 0.500. The maximum Gasteiger partial charge on any atom is 0.128 e. The van der Waals surface area contributed by atoms with Crippen LogP contribution in [0, 0.1) is 18.7 Å². The van der Waals surface area contributed by atoms with E-state index in [1.807, 2.05) is 26.1 Å². The number of aryl methyl sites for hydroxylation is 1. The summed E-state index contributed by atoms with van der Waals surface area (Å²) in [6, 6.07) is 5.49. The third kappa shape index (κ3) is 2.32. The first-order chi connectivity index (χ1) is 6.56. The SMILES string of the molecule is CNC(c1ccc(C)cc1F)C(C)C. The fourth-order valence-corrected chi connectivity index (χ4v) is 1.73. The summed E-state index contributed by atoms with van der Waals surface area (Å²) in [6.07, 6.45) is 0. The van der Waals surface area contributed by atoms with Gasteiger partial charge in [0, 0.05) is 11.6 Å². The van der Waals surface area contributed by atoms with Gasteiger partial charge < -0.3 is 5.32 Å². The average molecular weight is 195 g/mol. The third-order valence-corrected chi connectivity index (χ3v) is 2.47. The van der Waals surface area contributed by atoms with Crippen molar-refractivity contribution in [2.75, 3.05) is 7.05 Å². The van der Waals surface area contributed by atoms with E-state index >= 15 is 0 Å². The Labute approximate surface area is 85.3 Å². The maximum atomic E-state index is 13.6. The van der Waals surface area contributed by atoms with E-state index < -0.39 is 0 Å². The molecule has 1 nitrogen and oxygen atoms in total. The molecule has 0 bridgehead atoms. The molecule has 0 radical (unpaired) electrons. The summed E-state index contributed by atoms with van der Waals surface area (Å²) in [5.74, 6) is 0.273. The first-order valence-corrected chi connectivity index (χ1v) is 4.99.